The summed E-state index contributed by atoms with van der Waals surface area (Å²) in [5.41, 5.74) is 10.4. The lowest BCUT2D eigenvalue weighted by atomic mass is 10.1. The van der Waals surface area contributed by atoms with Gasteiger partial charge in [0.2, 0.25) is 0 Å². The van der Waals surface area contributed by atoms with Crippen molar-refractivity contribution < 1.29 is 4.39 Å². The van der Waals surface area contributed by atoms with Gasteiger partial charge in [-0.15, -0.1) is 10.2 Å². The molecule has 0 bridgehead atoms. The summed E-state index contributed by atoms with van der Waals surface area (Å²) < 4.78 is 13.3. The van der Waals surface area contributed by atoms with Crippen molar-refractivity contribution in [3.63, 3.8) is 0 Å². The van der Waals surface area contributed by atoms with Gasteiger partial charge in [-0.05, 0) is 54.3 Å². The predicted molar refractivity (Wildman–Crippen MR) is 107 cm³/mol. The van der Waals surface area contributed by atoms with Crippen LogP contribution in [0.25, 0.3) is 22.0 Å². The first-order valence-corrected chi connectivity index (χ1v) is 8.53. The lowest BCUT2D eigenvalue weighted by Gasteiger charge is -2.06. The Balaban J connectivity index is 1.65. The molecule has 4 aromatic rings. The molecule has 0 fully saturated rings. The molecule has 0 amide bonds. The second kappa shape index (κ2) is 6.96. The third-order valence-corrected chi connectivity index (χ3v) is 4.41. The number of anilines is 1. The summed E-state index contributed by atoms with van der Waals surface area (Å²) >= 11 is 0. The van der Waals surface area contributed by atoms with Crippen LogP contribution < -0.4 is 5.73 Å². The Bertz CT molecular complexity index is 1150. The summed E-state index contributed by atoms with van der Waals surface area (Å²) in [4.78, 5) is 4.43. The van der Waals surface area contributed by atoms with Gasteiger partial charge in [0, 0.05) is 10.9 Å². The van der Waals surface area contributed by atoms with Crippen molar-refractivity contribution in [1.29, 1.82) is 0 Å². The number of nitrogens with zero attached hydrogens (tertiary/aromatic N) is 3. The van der Waals surface area contributed by atoms with Crippen LogP contribution in [0.2, 0.25) is 0 Å². The molecule has 27 heavy (non-hydrogen) atoms. The fourth-order valence-electron chi connectivity index (χ4n) is 3.01. The summed E-state index contributed by atoms with van der Waals surface area (Å²) in [5.74, 6) is -0.255. The highest BCUT2D eigenvalue weighted by atomic mass is 19.1. The van der Waals surface area contributed by atoms with Crippen LogP contribution in [0.15, 0.2) is 83.2 Å². The minimum Gasteiger partial charge on any atom is -0.397 e. The van der Waals surface area contributed by atoms with Gasteiger partial charge in [-0.1, -0.05) is 30.3 Å². The fourth-order valence-corrected chi connectivity index (χ4v) is 3.01. The highest BCUT2D eigenvalue weighted by Crippen LogP contribution is 2.33. The second-order valence-electron chi connectivity index (χ2n) is 6.29. The third kappa shape index (κ3) is 3.40. The summed E-state index contributed by atoms with van der Waals surface area (Å²) in [6.07, 6.45) is 1.64. The van der Waals surface area contributed by atoms with Gasteiger partial charge in [0.05, 0.1) is 17.6 Å². The first-order chi connectivity index (χ1) is 13.1. The first kappa shape index (κ1) is 16.8. The number of rotatable bonds is 3. The molecule has 5 heteroatoms. The van der Waals surface area contributed by atoms with Crippen LogP contribution in [0, 0.1) is 12.7 Å². The second-order valence-corrected chi connectivity index (χ2v) is 6.29. The van der Waals surface area contributed by atoms with E-state index in [1.165, 1.54) is 12.1 Å². The molecular formula is C22H17FN4. The molecule has 3 aromatic carbocycles. The molecule has 0 unspecified atom stereocenters. The Hall–Kier alpha value is -3.60. The van der Waals surface area contributed by atoms with E-state index >= 15 is 0 Å². The smallest absolute Gasteiger partial charge is 0.123 e. The Labute approximate surface area is 156 Å². The average molecular weight is 356 g/mol. The van der Waals surface area contributed by atoms with Crippen molar-refractivity contribution in [2.75, 3.05) is 5.73 Å². The van der Waals surface area contributed by atoms with Crippen molar-refractivity contribution in [2.45, 2.75) is 6.92 Å². The lowest BCUT2D eigenvalue weighted by molar-refractivity contribution is 0.627. The molecule has 1 heterocycles. The molecule has 132 valence electrons. The lowest BCUT2D eigenvalue weighted by Crippen LogP contribution is -1.88. The number of benzene rings is 3. The zero-order valence-electron chi connectivity index (χ0n) is 14.7. The van der Waals surface area contributed by atoms with E-state index in [4.69, 9.17) is 5.73 Å². The van der Waals surface area contributed by atoms with Crippen LogP contribution in [-0.4, -0.2) is 4.98 Å². The molecule has 0 spiro atoms. The number of azo groups is 1. The van der Waals surface area contributed by atoms with Crippen LogP contribution in [0.5, 0.6) is 0 Å². The van der Waals surface area contributed by atoms with Gasteiger partial charge in [-0.2, -0.15) is 0 Å². The van der Waals surface area contributed by atoms with Gasteiger partial charge < -0.3 is 5.73 Å². The number of hydrogen-bond acceptors (Lipinski definition) is 4. The summed E-state index contributed by atoms with van der Waals surface area (Å²) in [6.45, 7) is 1.86. The summed E-state index contributed by atoms with van der Waals surface area (Å²) in [7, 11) is 0. The van der Waals surface area contributed by atoms with Gasteiger partial charge in [-0.25, -0.2) is 4.39 Å². The quantitative estimate of drug-likeness (QED) is 0.343. The highest BCUT2D eigenvalue weighted by molar-refractivity contribution is 5.97. The molecule has 4 nitrogen and oxygen atoms in total. The average Bonchev–Trinajstić information content (AvgIpc) is 2.68. The molecule has 2 N–H and O–H groups in total. The normalized spacial score (nSPS) is 11.3. The van der Waals surface area contributed by atoms with Crippen LogP contribution >= 0.6 is 0 Å². The van der Waals surface area contributed by atoms with Crippen LogP contribution in [0.3, 0.4) is 0 Å². The largest absolute Gasteiger partial charge is 0.397 e. The van der Waals surface area contributed by atoms with E-state index in [0.717, 1.165) is 27.6 Å². The fraction of sp³-hybridized carbons (Fsp3) is 0.0455. The van der Waals surface area contributed by atoms with Gasteiger partial charge in [-0.3, -0.25) is 4.98 Å². The SMILES string of the molecule is Cc1cc(F)ccc1-c1ccc(/N=N/c2c(N)ccc3ccccc23)cn1. The molecular weight excluding hydrogens is 339 g/mol. The molecule has 0 aliphatic heterocycles. The number of hydrogen-bond donors (Lipinski definition) is 1. The van der Waals surface area contributed by atoms with Crippen LogP contribution in [0.1, 0.15) is 5.56 Å². The molecule has 0 saturated carbocycles. The number of pyridine rings is 1. The van der Waals surface area contributed by atoms with Crippen LogP contribution in [0.4, 0.5) is 21.5 Å². The van der Waals surface area contributed by atoms with E-state index in [1.807, 2.05) is 55.5 Å². The highest BCUT2D eigenvalue weighted by Gasteiger charge is 2.06. The maximum Gasteiger partial charge on any atom is 0.123 e. The Morgan fingerprint density at radius 3 is 2.56 bits per heavy atom. The van der Waals surface area contributed by atoms with Gasteiger partial charge in [0.25, 0.3) is 0 Å². The van der Waals surface area contributed by atoms with E-state index in [2.05, 4.69) is 15.2 Å². The van der Waals surface area contributed by atoms with Crippen molar-refractivity contribution >= 4 is 27.8 Å². The van der Waals surface area contributed by atoms with E-state index in [-0.39, 0.29) is 5.82 Å². The molecule has 0 aliphatic rings. The Morgan fingerprint density at radius 1 is 0.926 bits per heavy atom. The number of nitrogens with two attached hydrogens (primary N) is 1. The van der Waals surface area contributed by atoms with Gasteiger partial charge in [0.1, 0.15) is 17.2 Å². The van der Waals surface area contributed by atoms with Gasteiger partial charge >= 0.3 is 0 Å². The maximum absolute atomic E-state index is 13.3. The standard InChI is InChI=1S/C22H17FN4/c1-14-12-16(23)7-9-18(14)21-11-8-17(13-25-21)26-27-22-19-5-3-2-4-15(19)6-10-20(22)24/h2-13H,24H2,1H3/b27-26+. The van der Waals surface area contributed by atoms with Gasteiger partial charge in [0.15, 0.2) is 0 Å². The van der Waals surface area contributed by atoms with Crippen molar-refractivity contribution in [1.82, 2.24) is 4.98 Å². The molecule has 1 aromatic heterocycles. The number of fused-ring (bicyclic) bond motifs is 1. The van der Waals surface area contributed by atoms with E-state index in [1.54, 1.807) is 12.3 Å². The topological polar surface area (TPSA) is 63.6 Å². The van der Waals surface area contributed by atoms with E-state index in [0.29, 0.717) is 17.1 Å². The van der Waals surface area contributed by atoms with Crippen molar-refractivity contribution in [3.8, 4) is 11.3 Å². The first-order valence-electron chi connectivity index (χ1n) is 8.53. The maximum atomic E-state index is 13.3. The molecule has 4 rings (SSSR count). The molecule has 0 radical (unpaired) electrons. The Kier molecular flexibility index (Phi) is 4.34. The minimum atomic E-state index is -0.255. The van der Waals surface area contributed by atoms with Crippen LogP contribution in [-0.2, 0) is 0 Å². The molecule has 0 aliphatic carbocycles. The summed E-state index contributed by atoms with van der Waals surface area (Å²) in [5, 5.41) is 10.6. The van der Waals surface area contributed by atoms with Crippen molar-refractivity contribution in [3.05, 3.63) is 84.3 Å². The molecule has 0 saturated heterocycles. The number of halogens is 1. The third-order valence-electron chi connectivity index (χ3n) is 4.41. The van der Waals surface area contributed by atoms with Crippen molar-refractivity contribution in [2.24, 2.45) is 10.2 Å². The zero-order valence-corrected chi connectivity index (χ0v) is 14.7. The monoisotopic (exact) mass is 356 g/mol. The number of aryl methyl sites for hydroxylation is 1. The predicted octanol–water partition coefficient (Wildman–Crippen LogP) is 6.35. The molecule has 0 atom stereocenters. The number of nitrogen functional groups attached to an aromatic ring is 1. The zero-order chi connectivity index (χ0) is 18.8. The van der Waals surface area contributed by atoms with E-state index < -0.39 is 0 Å². The number of aromatic nitrogens is 1. The minimum absolute atomic E-state index is 0.255. The van der Waals surface area contributed by atoms with E-state index in [9.17, 15) is 4.39 Å². The Morgan fingerprint density at radius 2 is 1.78 bits per heavy atom. The summed E-state index contributed by atoms with van der Waals surface area (Å²) in [6, 6.07) is 20.0.